The fourth-order valence-corrected chi connectivity index (χ4v) is 5.98. The second kappa shape index (κ2) is 17.3. The van der Waals surface area contributed by atoms with Crippen LogP contribution in [-0.4, -0.2) is 91.0 Å². The van der Waals surface area contributed by atoms with Crippen LogP contribution >= 0.6 is 0 Å². The third-order valence-corrected chi connectivity index (χ3v) is 9.00. The SMILES string of the molecule is CN(CCO)CCN(C)C(=O)c1cccc(C(=O)Nc2ccc(N3CCCCC3)cc2-c2cc(C(=O)NCc3cccc(C(F)(F)F)c3)ccn2)c1. The van der Waals surface area contributed by atoms with Crippen LogP contribution in [0.15, 0.2) is 85.1 Å². The Balaban J connectivity index is 1.37. The number of likely N-dealkylation sites (N-methyl/N-ethyl adjacent to an activating group) is 2. The van der Waals surface area contributed by atoms with Gasteiger partial charge in [-0.25, -0.2) is 0 Å². The number of nitrogens with zero attached hydrogens (tertiary/aromatic N) is 4. The number of benzene rings is 3. The number of piperidine rings is 1. The van der Waals surface area contributed by atoms with Gasteiger partial charge in [0.25, 0.3) is 17.7 Å². The molecule has 1 aliphatic rings. The molecule has 0 radical (unpaired) electrons. The number of aromatic nitrogens is 1. The first-order valence-corrected chi connectivity index (χ1v) is 17.2. The molecule has 1 saturated heterocycles. The number of nitrogens with one attached hydrogen (secondary N) is 2. The van der Waals surface area contributed by atoms with E-state index in [-0.39, 0.29) is 30.2 Å². The van der Waals surface area contributed by atoms with Crippen LogP contribution in [0.5, 0.6) is 0 Å². The lowest BCUT2D eigenvalue weighted by Crippen LogP contribution is -2.35. The zero-order valence-electron chi connectivity index (χ0n) is 29.2. The summed E-state index contributed by atoms with van der Waals surface area (Å²) in [5, 5.41) is 14.8. The van der Waals surface area contributed by atoms with Crippen molar-refractivity contribution in [2.24, 2.45) is 0 Å². The van der Waals surface area contributed by atoms with Crippen LogP contribution in [0.2, 0.25) is 0 Å². The molecule has 2 heterocycles. The molecule has 0 spiro atoms. The summed E-state index contributed by atoms with van der Waals surface area (Å²) in [6.45, 7) is 3.18. The predicted molar refractivity (Wildman–Crippen MR) is 194 cm³/mol. The fraction of sp³-hybridized carbons (Fsp3) is 0.333. The summed E-state index contributed by atoms with van der Waals surface area (Å²) in [7, 11) is 3.54. The van der Waals surface area contributed by atoms with Gasteiger partial charge in [-0.05, 0) is 92.5 Å². The maximum absolute atomic E-state index is 13.7. The van der Waals surface area contributed by atoms with Gasteiger partial charge < -0.3 is 30.4 Å². The minimum Gasteiger partial charge on any atom is -0.395 e. The number of anilines is 2. The number of rotatable bonds is 13. The van der Waals surface area contributed by atoms with E-state index < -0.39 is 23.6 Å². The van der Waals surface area contributed by atoms with Crippen molar-refractivity contribution in [3.05, 3.63) is 113 Å². The van der Waals surface area contributed by atoms with Crippen LogP contribution in [0.4, 0.5) is 24.5 Å². The zero-order chi connectivity index (χ0) is 37.3. The molecule has 1 aliphatic heterocycles. The maximum atomic E-state index is 13.7. The molecule has 1 aromatic heterocycles. The summed E-state index contributed by atoms with van der Waals surface area (Å²) < 4.78 is 39.6. The molecule has 0 bridgehead atoms. The van der Waals surface area contributed by atoms with Crippen molar-refractivity contribution < 1.29 is 32.7 Å². The average Bonchev–Trinajstić information content (AvgIpc) is 3.16. The largest absolute Gasteiger partial charge is 0.416 e. The van der Waals surface area contributed by atoms with E-state index in [0.717, 1.165) is 50.2 Å². The average molecular weight is 717 g/mol. The molecule has 3 aromatic carbocycles. The van der Waals surface area contributed by atoms with Gasteiger partial charge in [0.1, 0.15) is 0 Å². The van der Waals surface area contributed by atoms with Crippen molar-refractivity contribution >= 4 is 29.1 Å². The van der Waals surface area contributed by atoms with Crippen molar-refractivity contribution in [3.63, 3.8) is 0 Å². The Hall–Kier alpha value is -5.27. The molecule has 4 aromatic rings. The van der Waals surface area contributed by atoms with Crippen molar-refractivity contribution in [2.45, 2.75) is 32.0 Å². The lowest BCUT2D eigenvalue weighted by atomic mass is 10.0. The van der Waals surface area contributed by atoms with Crippen molar-refractivity contribution in [1.82, 2.24) is 20.1 Å². The molecule has 274 valence electrons. The molecule has 3 amide bonds. The molecule has 0 saturated carbocycles. The van der Waals surface area contributed by atoms with Gasteiger partial charge in [-0.2, -0.15) is 13.2 Å². The van der Waals surface area contributed by atoms with E-state index in [0.29, 0.717) is 47.7 Å². The molecule has 0 aliphatic carbocycles. The standard InChI is InChI=1S/C39H43F3N6O4/c1-46(20-21-49)18-19-47(2)38(52)30-10-7-9-28(23-30)37(51)45-34-13-12-32(48-16-4-3-5-17-48)25-33(34)35-24-29(14-15-43-35)36(50)44-26-27-8-6-11-31(22-27)39(40,41)42/h6-15,22-25,49H,3-5,16-21,26H2,1-2H3,(H,44,50)(H,45,51). The topological polar surface area (TPSA) is 118 Å². The van der Waals surface area contributed by atoms with E-state index in [2.05, 4.69) is 20.5 Å². The number of amides is 3. The van der Waals surface area contributed by atoms with Gasteiger partial charge >= 0.3 is 6.18 Å². The Morgan fingerprint density at radius 1 is 0.827 bits per heavy atom. The molecule has 52 heavy (non-hydrogen) atoms. The fourth-order valence-electron chi connectivity index (χ4n) is 5.98. The summed E-state index contributed by atoms with van der Waals surface area (Å²) in [4.78, 5) is 50.3. The monoisotopic (exact) mass is 716 g/mol. The minimum absolute atomic E-state index is 0.0250. The first kappa shape index (κ1) is 38.0. The minimum atomic E-state index is -4.49. The summed E-state index contributed by atoms with van der Waals surface area (Å²) in [5.74, 6) is -1.18. The van der Waals surface area contributed by atoms with Crippen LogP contribution in [0.1, 0.15) is 61.5 Å². The van der Waals surface area contributed by atoms with E-state index in [1.807, 2.05) is 24.1 Å². The highest BCUT2D eigenvalue weighted by Crippen LogP contribution is 2.33. The van der Waals surface area contributed by atoms with E-state index in [1.54, 1.807) is 48.3 Å². The molecule has 3 N–H and O–H groups in total. The number of aliphatic hydroxyl groups excluding tert-OH is 1. The van der Waals surface area contributed by atoms with Crippen LogP contribution < -0.4 is 15.5 Å². The zero-order valence-corrected chi connectivity index (χ0v) is 29.2. The van der Waals surface area contributed by atoms with Crippen LogP contribution in [0, 0.1) is 0 Å². The number of carbonyl (C=O) groups is 3. The number of pyridine rings is 1. The summed E-state index contributed by atoms with van der Waals surface area (Å²) in [6.07, 6.45) is 0.232. The Morgan fingerprint density at radius 2 is 1.56 bits per heavy atom. The third-order valence-electron chi connectivity index (χ3n) is 9.00. The maximum Gasteiger partial charge on any atom is 0.416 e. The van der Waals surface area contributed by atoms with Crippen molar-refractivity contribution in [2.75, 3.05) is 63.6 Å². The number of aliphatic hydroxyl groups is 1. The van der Waals surface area contributed by atoms with Crippen LogP contribution in [0.3, 0.4) is 0 Å². The molecule has 1 fully saturated rings. The quantitative estimate of drug-likeness (QED) is 0.157. The molecule has 0 unspecified atom stereocenters. The highest BCUT2D eigenvalue weighted by molar-refractivity contribution is 6.08. The Morgan fingerprint density at radius 3 is 2.31 bits per heavy atom. The number of hydrogen-bond acceptors (Lipinski definition) is 7. The highest BCUT2D eigenvalue weighted by atomic mass is 19.4. The third kappa shape index (κ3) is 9.95. The number of carbonyl (C=O) groups excluding carboxylic acids is 3. The van der Waals surface area contributed by atoms with Gasteiger partial charge in [-0.1, -0.05) is 18.2 Å². The summed E-state index contributed by atoms with van der Waals surface area (Å²) >= 11 is 0. The lowest BCUT2D eigenvalue weighted by Gasteiger charge is -2.29. The Labute approximate surface area is 301 Å². The van der Waals surface area contributed by atoms with Gasteiger partial charge in [0.15, 0.2) is 0 Å². The number of hydrogen-bond donors (Lipinski definition) is 3. The van der Waals surface area contributed by atoms with Crippen LogP contribution in [-0.2, 0) is 12.7 Å². The Bertz CT molecular complexity index is 1880. The first-order chi connectivity index (χ1) is 24.9. The molecule has 10 nitrogen and oxygen atoms in total. The van der Waals surface area contributed by atoms with Crippen molar-refractivity contribution in [1.29, 1.82) is 0 Å². The molecular formula is C39H43F3N6O4. The smallest absolute Gasteiger partial charge is 0.395 e. The van der Waals surface area contributed by atoms with E-state index in [9.17, 15) is 27.6 Å². The Kier molecular flexibility index (Phi) is 12.6. The van der Waals surface area contributed by atoms with E-state index in [1.165, 1.54) is 24.4 Å². The van der Waals surface area contributed by atoms with Gasteiger partial charge in [0.2, 0.25) is 0 Å². The van der Waals surface area contributed by atoms with Gasteiger partial charge in [0, 0.05) is 80.5 Å². The van der Waals surface area contributed by atoms with Crippen molar-refractivity contribution in [3.8, 4) is 11.3 Å². The predicted octanol–water partition coefficient (Wildman–Crippen LogP) is 5.94. The molecule has 5 rings (SSSR count). The summed E-state index contributed by atoms with van der Waals surface area (Å²) in [6, 6.07) is 20.0. The van der Waals surface area contributed by atoms with Gasteiger partial charge in [0.05, 0.1) is 23.6 Å². The highest BCUT2D eigenvalue weighted by Gasteiger charge is 2.30. The van der Waals surface area contributed by atoms with Gasteiger partial charge in [-0.3, -0.25) is 19.4 Å². The second-order valence-electron chi connectivity index (χ2n) is 12.9. The lowest BCUT2D eigenvalue weighted by molar-refractivity contribution is -0.137. The van der Waals surface area contributed by atoms with Crippen LogP contribution in [0.25, 0.3) is 11.3 Å². The molecular weight excluding hydrogens is 673 g/mol. The first-order valence-electron chi connectivity index (χ1n) is 17.2. The van der Waals surface area contributed by atoms with E-state index in [4.69, 9.17) is 5.11 Å². The summed E-state index contributed by atoms with van der Waals surface area (Å²) in [5.41, 5.74) is 2.76. The molecule has 0 atom stereocenters. The van der Waals surface area contributed by atoms with Gasteiger partial charge in [-0.15, -0.1) is 0 Å². The van der Waals surface area contributed by atoms with E-state index >= 15 is 0 Å². The number of alkyl halides is 3. The molecule has 13 heteroatoms. The second-order valence-corrected chi connectivity index (χ2v) is 12.9. The normalized spacial score (nSPS) is 13.2. The number of halogens is 3.